The SMILES string of the molecule is CCOCCOCCOc1c(Cl)cc(O)cc1Cl. The normalized spacial score (nSPS) is 10.6. The number of aromatic hydroxyl groups is 1. The fourth-order valence-electron chi connectivity index (χ4n) is 1.25. The third-order valence-corrected chi connectivity index (χ3v) is 2.59. The highest BCUT2D eigenvalue weighted by molar-refractivity contribution is 6.37. The van der Waals surface area contributed by atoms with E-state index in [4.69, 9.17) is 37.4 Å². The largest absolute Gasteiger partial charge is 0.508 e. The Hall–Kier alpha value is -0.680. The van der Waals surface area contributed by atoms with Crippen LogP contribution in [0.4, 0.5) is 0 Å². The standard InChI is InChI=1S/C12H16Cl2O4/c1-2-16-3-4-17-5-6-18-12-10(13)7-9(15)8-11(12)14/h7-8,15H,2-6H2,1H3. The molecule has 1 rings (SSSR count). The van der Waals surface area contributed by atoms with Crippen molar-refractivity contribution in [1.82, 2.24) is 0 Å². The summed E-state index contributed by atoms with van der Waals surface area (Å²) in [6.45, 7) is 4.44. The fourth-order valence-corrected chi connectivity index (χ4v) is 1.84. The number of hydrogen-bond donors (Lipinski definition) is 1. The summed E-state index contributed by atoms with van der Waals surface area (Å²) in [6.07, 6.45) is 0. The molecule has 18 heavy (non-hydrogen) atoms. The van der Waals surface area contributed by atoms with Crippen LogP contribution in [0.15, 0.2) is 12.1 Å². The summed E-state index contributed by atoms with van der Waals surface area (Å²) in [6, 6.07) is 2.75. The molecule has 0 bridgehead atoms. The summed E-state index contributed by atoms with van der Waals surface area (Å²) >= 11 is 11.8. The van der Waals surface area contributed by atoms with Gasteiger partial charge in [0, 0.05) is 18.7 Å². The van der Waals surface area contributed by atoms with Crippen LogP contribution in [0.2, 0.25) is 10.0 Å². The van der Waals surface area contributed by atoms with Crippen LogP contribution in [0, 0.1) is 0 Å². The van der Waals surface area contributed by atoms with Gasteiger partial charge < -0.3 is 19.3 Å². The molecule has 0 saturated carbocycles. The van der Waals surface area contributed by atoms with Crippen molar-refractivity contribution in [2.45, 2.75) is 6.92 Å². The van der Waals surface area contributed by atoms with Crippen LogP contribution in [-0.2, 0) is 9.47 Å². The molecule has 0 heterocycles. The number of halogens is 2. The van der Waals surface area contributed by atoms with Gasteiger partial charge in [-0.25, -0.2) is 0 Å². The van der Waals surface area contributed by atoms with E-state index in [1.54, 1.807) is 0 Å². The van der Waals surface area contributed by atoms with Crippen molar-refractivity contribution in [3.8, 4) is 11.5 Å². The van der Waals surface area contributed by atoms with E-state index in [1.807, 2.05) is 6.92 Å². The molecule has 0 radical (unpaired) electrons. The van der Waals surface area contributed by atoms with Crippen molar-refractivity contribution in [3.63, 3.8) is 0 Å². The van der Waals surface area contributed by atoms with Gasteiger partial charge in [0.05, 0.1) is 29.9 Å². The first-order chi connectivity index (χ1) is 8.65. The third-order valence-electron chi connectivity index (χ3n) is 2.03. The lowest BCUT2D eigenvalue weighted by molar-refractivity contribution is 0.0405. The highest BCUT2D eigenvalue weighted by Gasteiger charge is 2.09. The maximum atomic E-state index is 9.25. The first-order valence-electron chi connectivity index (χ1n) is 5.61. The topological polar surface area (TPSA) is 47.9 Å². The highest BCUT2D eigenvalue weighted by atomic mass is 35.5. The maximum absolute atomic E-state index is 9.25. The minimum Gasteiger partial charge on any atom is -0.508 e. The Morgan fingerprint density at radius 1 is 1.00 bits per heavy atom. The molecule has 102 valence electrons. The maximum Gasteiger partial charge on any atom is 0.156 e. The molecule has 4 nitrogen and oxygen atoms in total. The minimum atomic E-state index is 0.00492. The van der Waals surface area contributed by atoms with Crippen LogP contribution in [0.5, 0.6) is 11.5 Å². The summed E-state index contributed by atoms with van der Waals surface area (Å²) in [5.41, 5.74) is 0. The minimum absolute atomic E-state index is 0.00492. The molecule has 0 aliphatic heterocycles. The van der Waals surface area contributed by atoms with Crippen molar-refractivity contribution in [2.24, 2.45) is 0 Å². The zero-order valence-corrected chi connectivity index (χ0v) is 11.6. The predicted molar refractivity (Wildman–Crippen MR) is 70.9 cm³/mol. The van der Waals surface area contributed by atoms with E-state index in [9.17, 15) is 5.11 Å². The van der Waals surface area contributed by atoms with Crippen molar-refractivity contribution in [2.75, 3.05) is 33.0 Å². The molecule has 1 N–H and O–H groups in total. The lowest BCUT2D eigenvalue weighted by Gasteiger charge is -2.10. The Balaban J connectivity index is 2.27. The summed E-state index contributed by atoms with van der Waals surface area (Å²) in [4.78, 5) is 0. The molecule has 6 heteroatoms. The number of benzene rings is 1. The van der Waals surface area contributed by atoms with Crippen molar-refractivity contribution < 1.29 is 19.3 Å². The zero-order chi connectivity index (χ0) is 13.4. The average Bonchev–Trinajstić information content (AvgIpc) is 2.30. The van der Waals surface area contributed by atoms with Gasteiger partial charge in [0.25, 0.3) is 0 Å². The molecular weight excluding hydrogens is 279 g/mol. The van der Waals surface area contributed by atoms with E-state index >= 15 is 0 Å². The first-order valence-corrected chi connectivity index (χ1v) is 6.37. The van der Waals surface area contributed by atoms with Crippen molar-refractivity contribution in [3.05, 3.63) is 22.2 Å². The highest BCUT2D eigenvalue weighted by Crippen LogP contribution is 2.36. The fraction of sp³-hybridized carbons (Fsp3) is 0.500. The Kier molecular flexibility index (Phi) is 7.20. The quantitative estimate of drug-likeness (QED) is 0.749. The Morgan fingerprint density at radius 2 is 1.56 bits per heavy atom. The monoisotopic (exact) mass is 294 g/mol. The smallest absolute Gasteiger partial charge is 0.156 e. The number of phenolic OH excluding ortho intramolecular Hbond substituents is 1. The van der Waals surface area contributed by atoms with E-state index in [-0.39, 0.29) is 15.8 Å². The molecule has 0 spiro atoms. The van der Waals surface area contributed by atoms with Crippen LogP contribution in [0.3, 0.4) is 0 Å². The van der Waals surface area contributed by atoms with E-state index in [0.717, 1.165) is 0 Å². The lowest BCUT2D eigenvalue weighted by Crippen LogP contribution is -2.11. The number of hydrogen-bond acceptors (Lipinski definition) is 4. The van der Waals surface area contributed by atoms with Gasteiger partial charge in [0.1, 0.15) is 12.4 Å². The Bertz CT molecular complexity index is 348. The molecule has 1 aromatic carbocycles. The van der Waals surface area contributed by atoms with Gasteiger partial charge in [-0.15, -0.1) is 0 Å². The second kappa shape index (κ2) is 8.43. The van der Waals surface area contributed by atoms with Gasteiger partial charge in [-0.05, 0) is 6.92 Å². The average molecular weight is 295 g/mol. The number of rotatable bonds is 8. The Labute approximate surface area is 116 Å². The van der Waals surface area contributed by atoms with E-state index < -0.39 is 0 Å². The van der Waals surface area contributed by atoms with Gasteiger partial charge >= 0.3 is 0 Å². The van der Waals surface area contributed by atoms with E-state index in [0.29, 0.717) is 38.8 Å². The molecule has 0 unspecified atom stereocenters. The summed E-state index contributed by atoms with van der Waals surface area (Å²) in [5.74, 6) is 0.356. The zero-order valence-electron chi connectivity index (χ0n) is 10.1. The molecule has 0 aliphatic carbocycles. The van der Waals surface area contributed by atoms with Crippen molar-refractivity contribution >= 4 is 23.2 Å². The Morgan fingerprint density at radius 3 is 2.17 bits per heavy atom. The van der Waals surface area contributed by atoms with Gasteiger partial charge in [-0.2, -0.15) is 0 Å². The van der Waals surface area contributed by atoms with Crippen LogP contribution in [-0.4, -0.2) is 38.1 Å². The third kappa shape index (κ3) is 5.31. The number of phenols is 1. The lowest BCUT2D eigenvalue weighted by atomic mass is 10.3. The van der Waals surface area contributed by atoms with Gasteiger partial charge in [-0.1, -0.05) is 23.2 Å². The van der Waals surface area contributed by atoms with Crippen LogP contribution in [0.1, 0.15) is 6.92 Å². The van der Waals surface area contributed by atoms with Crippen LogP contribution < -0.4 is 4.74 Å². The molecule has 0 aliphatic rings. The second-order valence-electron chi connectivity index (χ2n) is 3.40. The van der Waals surface area contributed by atoms with Gasteiger partial charge in [-0.3, -0.25) is 0 Å². The summed E-state index contributed by atoms with van der Waals surface area (Å²) in [5, 5.41) is 9.79. The molecule has 0 amide bonds. The van der Waals surface area contributed by atoms with Crippen LogP contribution in [0.25, 0.3) is 0 Å². The summed E-state index contributed by atoms with van der Waals surface area (Å²) in [7, 11) is 0. The second-order valence-corrected chi connectivity index (χ2v) is 4.21. The first kappa shape index (κ1) is 15.4. The van der Waals surface area contributed by atoms with E-state index in [1.165, 1.54) is 12.1 Å². The van der Waals surface area contributed by atoms with Crippen molar-refractivity contribution in [1.29, 1.82) is 0 Å². The van der Waals surface area contributed by atoms with Crippen LogP contribution >= 0.6 is 23.2 Å². The van der Waals surface area contributed by atoms with Gasteiger partial charge in [0.2, 0.25) is 0 Å². The molecule has 0 fully saturated rings. The number of ether oxygens (including phenoxy) is 3. The molecular formula is C12H16Cl2O4. The molecule has 0 atom stereocenters. The molecule has 0 aromatic heterocycles. The predicted octanol–water partition coefficient (Wildman–Crippen LogP) is 3.13. The van der Waals surface area contributed by atoms with E-state index in [2.05, 4.69) is 0 Å². The van der Waals surface area contributed by atoms with Gasteiger partial charge in [0.15, 0.2) is 5.75 Å². The molecule has 1 aromatic rings. The summed E-state index contributed by atoms with van der Waals surface area (Å²) < 4.78 is 15.8. The molecule has 0 saturated heterocycles.